The summed E-state index contributed by atoms with van der Waals surface area (Å²) < 4.78 is 0. The summed E-state index contributed by atoms with van der Waals surface area (Å²) in [5, 5.41) is 6.17. The molecule has 0 aliphatic carbocycles. The summed E-state index contributed by atoms with van der Waals surface area (Å²) in [6, 6.07) is 4.60. The fourth-order valence-electron chi connectivity index (χ4n) is 1.14. The monoisotopic (exact) mass is 270 g/mol. The van der Waals surface area contributed by atoms with E-state index in [1.165, 1.54) is 0 Å². The number of hydrogen-bond acceptors (Lipinski definition) is 1. The van der Waals surface area contributed by atoms with Crippen molar-refractivity contribution in [2.24, 2.45) is 0 Å². The number of halogens is 2. The van der Waals surface area contributed by atoms with Crippen LogP contribution in [0.25, 0.3) is 0 Å². The van der Waals surface area contributed by atoms with Crippen molar-refractivity contribution in [2.45, 2.75) is 12.8 Å². The van der Waals surface area contributed by atoms with Crippen LogP contribution in [-0.2, 0) is 0 Å². The van der Waals surface area contributed by atoms with E-state index in [0.717, 1.165) is 6.42 Å². The minimum Gasteiger partial charge on any atom is -0.338 e. The summed E-state index contributed by atoms with van der Waals surface area (Å²) in [6.07, 6.45) is 6.50. The molecule has 2 N–H and O–H groups in total. The molecular weight excluding hydrogens is 259 g/mol. The van der Waals surface area contributed by atoms with Gasteiger partial charge in [0.05, 0.1) is 10.0 Å². The van der Waals surface area contributed by atoms with Crippen LogP contribution >= 0.6 is 23.2 Å². The Balaban J connectivity index is 2.40. The Labute approximate surface area is 110 Å². The van der Waals surface area contributed by atoms with Gasteiger partial charge in [0.1, 0.15) is 0 Å². The van der Waals surface area contributed by atoms with E-state index >= 15 is 0 Å². The lowest BCUT2D eigenvalue weighted by atomic mass is 10.3. The van der Waals surface area contributed by atoms with E-state index in [4.69, 9.17) is 29.6 Å². The van der Waals surface area contributed by atoms with Crippen molar-refractivity contribution in [1.29, 1.82) is 0 Å². The van der Waals surface area contributed by atoms with E-state index in [9.17, 15) is 4.79 Å². The van der Waals surface area contributed by atoms with Crippen LogP contribution in [0.2, 0.25) is 10.0 Å². The van der Waals surface area contributed by atoms with Crippen LogP contribution in [0.5, 0.6) is 0 Å². The fourth-order valence-corrected chi connectivity index (χ4v) is 1.44. The number of nitrogens with one attached hydrogen (secondary N) is 2. The Hall–Kier alpha value is -1.37. The third-order valence-electron chi connectivity index (χ3n) is 1.96. The van der Waals surface area contributed by atoms with Gasteiger partial charge in [-0.05, 0) is 24.6 Å². The summed E-state index contributed by atoms with van der Waals surface area (Å²) in [5.41, 5.74) is 0.592. The van der Waals surface area contributed by atoms with Gasteiger partial charge < -0.3 is 10.6 Å². The molecule has 0 radical (unpaired) electrons. The predicted molar refractivity (Wildman–Crippen MR) is 71.6 cm³/mol. The lowest BCUT2D eigenvalue weighted by Gasteiger charge is -2.07. The molecule has 0 saturated carbocycles. The molecule has 0 aliphatic rings. The SMILES string of the molecule is C#CCCCNC(=O)Nc1ccc(Cl)c(Cl)c1. The van der Waals surface area contributed by atoms with Crippen LogP contribution in [0.1, 0.15) is 12.8 Å². The van der Waals surface area contributed by atoms with Crippen LogP contribution < -0.4 is 10.6 Å². The Kier molecular flexibility index (Phi) is 5.68. The molecule has 1 aromatic rings. The molecule has 0 aliphatic heterocycles. The lowest BCUT2D eigenvalue weighted by Crippen LogP contribution is -2.29. The van der Waals surface area contributed by atoms with Crippen molar-refractivity contribution < 1.29 is 4.79 Å². The molecule has 0 heterocycles. The van der Waals surface area contributed by atoms with Gasteiger partial charge in [-0.3, -0.25) is 0 Å². The molecule has 0 saturated heterocycles. The summed E-state index contributed by atoms with van der Waals surface area (Å²) in [6.45, 7) is 0.539. The molecule has 0 fully saturated rings. The molecule has 0 spiro atoms. The molecule has 1 rings (SSSR count). The van der Waals surface area contributed by atoms with Gasteiger partial charge in [-0.25, -0.2) is 4.79 Å². The zero-order chi connectivity index (χ0) is 12.7. The summed E-state index contributed by atoms with van der Waals surface area (Å²) >= 11 is 11.6. The minimum atomic E-state index is -0.291. The van der Waals surface area contributed by atoms with Crippen LogP contribution in [-0.4, -0.2) is 12.6 Å². The van der Waals surface area contributed by atoms with Crippen molar-refractivity contribution in [3.05, 3.63) is 28.2 Å². The second-order valence-corrected chi connectivity index (χ2v) is 4.13. The molecule has 0 aromatic heterocycles. The van der Waals surface area contributed by atoms with E-state index in [2.05, 4.69) is 16.6 Å². The second-order valence-electron chi connectivity index (χ2n) is 3.32. The van der Waals surface area contributed by atoms with Gasteiger partial charge in [-0.15, -0.1) is 12.3 Å². The first kappa shape index (κ1) is 13.7. The van der Waals surface area contributed by atoms with Crippen LogP contribution in [0.3, 0.4) is 0 Å². The van der Waals surface area contributed by atoms with Gasteiger partial charge in [-0.2, -0.15) is 0 Å². The Morgan fingerprint density at radius 2 is 2.12 bits per heavy atom. The zero-order valence-electron chi connectivity index (χ0n) is 9.09. The Bertz CT molecular complexity index is 441. The van der Waals surface area contributed by atoms with Gasteiger partial charge in [0.25, 0.3) is 0 Å². The maximum Gasteiger partial charge on any atom is 0.319 e. The lowest BCUT2D eigenvalue weighted by molar-refractivity contribution is 0.252. The average molecular weight is 271 g/mol. The van der Waals surface area contributed by atoms with E-state index < -0.39 is 0 Å². The van der Waals surface area contributed by atoms with E-state index in [1.807, 2.05) is 0 Å². The number of terminal acetylenes is 1. The number of urea groups is 1. The number of unbranched alkanes of at least 4 members (excludes halogenated alkanes) is 1. The van der Waals surface area contributed by atoms with E-state index in [-0.39, 0.29) is 6.03 Å². The molecule has 90 valence electrons. The first-order valence-corrected chi connectivity index (χ1v) is 5.82. The average Bonchev–Trinajstić information content (AvgIpc) is 2.30. The Morgan fingerprint density at radius 1 is 1.35 bits per heavy atom. The molecule has 3 nitrogen and oxygen atoms in total. The fraction of sp³-hybridized carbons (Fsp3) is 0.250. The van der Waals surface area contributed by atoms with Gasteiger partial charge in [0.2, 0.25) is 0 Å². The third-order valence-corrected chi connectivity index (χ3v) is 2.70. The predicted octanol–water partition coefficient (Wildman–Crippen LogP) is 3.53. The number of hydrogen-bond donors (Lipinski definition) is 2. The number of carbonyl (C=O) groups is 1. The highest BCUT2D eigenvalue weighted by molar-refractivity contribution is 6.42. The molecule has 2 amide bonds. The van der Waals surface area contributed by atoms with Crippen LogP contribution in [0.4, 0.5) is 10.5 Å². The summed E-state index contributed by atoms with van der Waals surface area (Å²) in [4.78, 5) is 11.4. The van der Waals surface area contributed by atoms with E-state index in [0.29, 0.717) is 28.7 Å². The first-order valence-electron chi connectivity index (χ1n) is 5.07. The number of anilines is 1. The number of rotatable bonds is 4. The smallest absolute Gasteiger partial charge is 0.319 e. The maximum absolute atomic E-state index is 11.4. The number of amides is 2. The third kappa shape index (κ3) is 4.99. The summed E-state index contributed by atoms with van der Waals surface area (Å²) in [5.74, 6) is 2.50. The van der Waals surface area contributed by atoms with Crippen molar-refractivity contribution in [3.8, 4) is 12.3 Å². The zero-order valence-corrected chi connectivity index (χ0v) is 10.6. The molecular formula is C12H12Cl2N2O. The Morgan fingerprint density at radius 3 is 2.76 bits per heavy atom. The van der Waals surface area contributed by atoms with Gasteiger partial charge >= 0.3 is 6.03 Å². The number of carbonyl (C=O) groups excluding carboxylic acids is 1. The van der Waals surface area contributed by atoms with Crippen LogP contribution in [0.15, 0.2) is 18.2 Å². The topological polar surface area (TPSA) is 41.1 Å². The summed E-state index contributed by atoms with van der Waals surface area (Å²) in [7, 11) is 0. The number of benzene rings is 1. The highest BCUT2D eigenvalue weighted by atomic mass is 35.5. The minimum absolute atomic E-state index is 0.291. The van der Waals surface area contributed by atoms with Gasteiger partial charge in [0, 0.05) is 18.7 Å². The molecule has 0 bridgehead atoms. The largest absolute Gasteiger partial charge is 0.338 e. The van der Waals surface area contributed by atoms with Gasteiger partial charge in [-0.1, -0.05) is 23.2 Å². The quantitative estimate of drug-likeness (QED) is 0.638. The maximum atomic E-state index is 11.4. The van der Waals surface area contributed by atoms with Crippen molar-refractivity contribution in [2.75, 3.05) is 11.9 Å². The molecule has 0 unspecified atom stereocenters. The standard InChI is InChI=1S/C12H12Cl2N2O/c1-2-3-4-7-15-12(17)16-9-5-6-10(13)11(14)8-9/h1,5-6,8H,3-4,7H2,(H2,15,16,17). The van der Waals surface area contributed by atoms with Crippen molar-refractivity contribution in [3.63, 3.8) is 0 Å². The highest BCUT2D eigenvalue weighted by Gasteiger charge is 2.03. The highest BCUT2D eigenvalue weighted by Crippen LogP contribution is 2.24. The van der Waals surface area contributed by atoms with Crippen LogP contribution in [0, 0.1) is 12.3 Å². The molecule has 5 heteroatoms. The van der Waals surface area contributed by atoms with E-state index in [1.54, 1.807) is 18.2 Å². The molecule has 17 heavy (non-hydrogen) atoms. The molecule has 1 aromatic carbocycles. The molecule has 0 atom stereocenters. The van der Waals surface area contributed by atoms with Gasteiger partial charge in [0.15, 0.2) is 0 Å². The van der Waals surface area contributed by atoms with Crippen molar-refractivity contribution in [1.82, 2.24) is 5.32 Å². The first-order chi connectivity index (χ1) is 8.13. The van der Waals surface area contributed by atoms with Crippen molar-refractivity contribution >= 4 is 34.9 Å². The second kappa shape index (κ2) is 7.05. The normalized spacial score (nSPS) is 9.47.